The van der Waals surface area contributed by atoms with Crippen LogP contribution in [0, 0.1) is 0 Å². The van der Waals surface area contributed by atoms with Gasteiger partial charge in [-0.1, -0.05) is 0 Å². The van der Waals surface area contributed by atoms with Crippen LogP contribution in [-0.2, 0) is 0 Å². The second-order valence-corrected chi connectivity index (χ2v) is 2.62. The zero-order valence-corrected chi connectivity index (χ0v) is 6.08. The fourth-order valence-electron chi connectivity index (χ4n) is 1.15. The molecule has 1 fully saturated rings. The van der Waals surface area contributed by atoms with E-state index in [1.165, 1.54) is 0 Å². The van der Waals surface area contributed by atoms with Crippen LogP contribution < -0.4 is 10.6 Å². The number of carbonyl (C=O) groups is 1. The third kappa shape index (κ3) is 2.36. The molecular weight excluding hydrogens is 148 g/mol. The third-order valence-electron chi connectivity index (χ3n) is 1.75. The van der Waals surface area contributed by atoms with E-state index in [2.05, 4.69) is 10.6 Å². The van der Waals surface area contributed by atoms with E-state index < -0.39 is 12.2 Å². The largest absolute Gasteiger partial charge is 0.465 e. The number of aliphatic hydroxyl groups excluding tert-OH is 1. The first-order chi connectivity index (χ1) is 5.20. The molecule has 4 N–H and O–H groups in total. The maximum atomic E-state index is 10.2. The van der Waals surface area contributed by atoms with Gasteiger partial charge in [-0.2, -0.15) is 0 Å². The van der Waals surface area contributed by atoms with Crippen LogP contribution in [0.15, 0.2) is 0 Å². The van der Waals surface area contributed by atoms with Gasteiger partial charge in [0.05, 0.1) is 12.1 Å². The van der Waals surface area contributed by atoms with Crippen molar-refractivity contribution in [3.05, 3.63) is 0 Å². The maximum Gasteiger partial charge on any atom is 0.405 e. The molecule has 0 aromatic rings. The van der Waals surface area contributed by atoms with E-state index in [0.717, 1.165) is 6.54 Å². The van der Waals surface area contributed by atoms with Gasteiger partial charge in [-0.25, -0.2) is 4.79 Å². The molecule has 5 nitrogen and oxygen atoms in total. The lowest BCUT2D eigenvalue weighted by Crippen LogP contribution is -2.53. The lowest BCUT2D eigenvalue weighted by atomic mass is 10.0. The Morgan fingerprint density at radius 2 is 2.36 bits per heavy atom. The van der Waals surface area contributed by atoms with E-state index in [9.17, 15) is 9.90 Å². The van der Waals surface area contributed by atoms with E-state index in [1.807, 2.05) is 0 Å². The van der Waals surface area contributed by atoms with Gasteiger partial charge in [0.25, 0.3) is 0 Å². The van der Waals surface area contributed by atoms with Crippen molar-refractivity contribution in [2.75, 3.05) is 13.1 Å². The van der Waals surface area contributed by atoms with Crippen LogP contribution in [0.3, 0.4) is 0 Å². The highest BCUT2D eigenvalue weighted by molar-refractivity contribution is 5.65. The smallest absolute Gasteiger partial charge is 0.405 e. The molecule has 0 aliphatic carbocycles. The lowest BCUT2D eigenvalue weighted by Gasteiger charge is -2.27. The number of amides is 1. The molecule has 5 heteroatoms. The van der Waals surface area contributed by atoms with Gasteiger partial charge in [-0.15, -0.1) is 0 Å². The molecule has 64 valence electrons. The van der Waals surface area contributed by atoms with Gasteiger partial charge >= 0.3 is 6.09 Å². The molecule has 0 radical (unpaired) electrons. The standard InChI is InChI=1S/C6H12N2O3/c9-5-1-2-7-3-4(5)8-6(10)11/h4-5,7-9H,1-3H2,(H,10,11). The van der Waals surface area contributed by atoms with Gasteiger partial charge in [0, 0.05) is 6.54 Å². The van der Waals surface area contributed by atoms with Crippen molar-refractivity contribution in [1.82, 2.24) is 10.6 Å². The Balaban J connectivity index is 2.35. The molecule has 1 amide bonds. The summed E-state index contributed by atoms with van der Waals surface area (Å²) >= 11 is 0. The van der Waals surface area contributed by atoms with Crippen molar-refractivity contribution in [2.24, 2.45) is 0 Å². The van der Waals surface area contributed by atoms with Crippen LogP contribution in [0.25, 0.3) is 0 Å². The molecule has 2 unspecified atom stereocenters. The minimum absolute atomic E-state index is 0.360. The molecule has 2 atom stereocenters. The minimum Gasteiger partial charge on any atom is -0.465 e. The monoisotopic (exact) mass is 160 g/mol. The number of hydrogen-bond donors (Lipinski definition) is 4. The van der Waals surface area contributed by atoms with Crippen LogP contribution >= 0.6 is 0 Å². The normalized spacial score (nSPS) is 31.4. The van der Waals surface area contributed by atoms with Crippen LogP contribution in [0.2, 0.25) is 0 Å². The van der Waals surface area contributed by atoms with Crippen LogP contribution in [-0.4, -0.2) is 41.5 Å². The molecule has 1 heterocycles. The SMILES string of the molecule is O=C(O)NC1CNCCC1O. The topological polar surface area (TPSA) is 81.6 Å². The molecule has 1 aliphatic heterocycles. The average molecular weight is 160 g/mol. The summed E-state index contributed by atoms with van der Waals surface area (Å²) in [5.74, 6) is 0. The number of hydrogen-bond acceptors (Lipinski definition) is 3. The molecule has 0 aromatic heterocycles. The quantitative estimate of drug-likeness (QED) is 0.395. The molecule has 0 aromatic carbocycles. The Kier molecular flexibility index (Phi) is 2.67. The van der Waals surface area contributed by atoms with Crippen molar-refractivity contribution < 1.29 is 15.0 Å². The Bertz CT molecular complexity index is 151. The summed E-state index contributed by atoms with van der Waals surface area (Å²) in [5.41, 5.74) is 0. The molecule has 1 rings (SSSR count). The third-order valence-corrected chi connectivity index (χ3v) is 1.75. The highest BCUT2D eigenvalue weighted by atomic mass is 16.4. The molecule has 0 saturated carbocycles. The fourth-order valence-corrected chi connectivity index (χ4v) is 1.15. The summed E-state index contributed by atoms with van der Waals surface area (Å²) < 4.78 is 0. The highest BCUT2D eigenvalue weighted by Gasteiger charge is 2.23. The maximum absolute atomic E-state index is 10.2. The Morgan fingerprint density at radius 1 is 1.64 bits per heavy atom. The van der Waals surface area contributed by atoms with E-state index in [-0.39, 0.29) is 6.04 Å². The first-order valence-corrected chi connectivity index (χ1v) is 3.58. The number of carboxylic acid groups (broad SMARTS) is 1. The number of rotatable bonds is 1. The molecular formula is C6H12N2O3. The van der Waals surface area contributed by atoms with Crippen molar-refractivity contribution >= 4 is 6.09 Å². The first-order valence-electron chi connectivity index (χ1n) is 3.58. The number of aliphatic hydroxyl groups is 1. The van der Waals surface area contributed by atoms with E-state index in [4.69, 9.17) is 5.11 Å². The second kappa shape index (κ2) is 3.54. The number of nitrogens with one attached hydrogen (secondary N) is 2. The summed E-state index contributed by atoms with van der Waals surface area (Å²) in [6, 6.07) is -0.360. The predicted octanol–water partition coefficient (Wildman–Crippen LogP) is -1.02. The molecule has 0 bridgehead atoms. The first kappa shape index (κ1) is 8.29. The summed E-state index contributed by atoms with van der Waals surface area (Å²) in [4.78, 5) is 10.2. The van der Waals surface area contributed by atoms with Crippen molar-refractivity contribution in [1.29, 1.82) is 0 Å². The van der Waals surface area contributed by atoms with Crippen LogP contribution in [0.4, 0.5) is 4.79 Å². The van der Waals surface area contributed by atoms with Crippen molar-refractivity contribution in [3.63, 3.8) is 0 Å². The molecule has 0 spiro atoms. The Hall–Kier alpha value is -0.810. The second-order valence-electron chi connectivity index (χ2n) is 2.62. The Morgan fingerprint density at radius 3 is 2.91 bits per heavy atom. The van der Waals surface area contributed by atoms with Gasteiger partial charge in [0.1, 0.15) is 0 Å². The van der Waals surface area contributed by atoms with Crippen molar-refractivity contribution in [2.45, 2.75) is 18.6 Å². The van der Waals surface area contributed by atoms with Gasteiger partial charge in [-0.05, 0) is 13.0 Å². The fraction of sp³-hybridized carbons (Fsp3) is 0.833. The molecule has 1 aliphatic rings. The van der Waals surface area contributed by atoms with Crippen molar-refractivity contribution in [3.8, 4) is 0 Å². The highest BCUT2D eigenvalue weighted by Crippen LogP contribution is 2.02. The zero-order chi connectivity index (χ0) is 8.27. The van der Waals surface area contributed by atoms with Gasteiger partial charge in [0.15, 0.2) is 0 Å². The summed E-state index contributed by atoms with van der Waals surface area (Å²) in [5, 5.41) is 22.8. The summed E-state index contributed by atoms with van der Waals surface area (Å²) in [6.07, 6.45) is -1.03. The molecule has 11 heavy (non-hydrogen) atoms. The van der Waals surface area contributed by atoms with Crippen LogP contribution in [0.1, 0.15) is 6.42 Å². The van der Waals surface area contributed by atoms with E-state index in [0.29, 0.717) is 13.0 Å². The predicted molar refractivity (Wildman–Crippen MR) is 38.4 cm³/mol. The zero-order valence-electron chi connectivity index (χ0n) is 6.08. The lowest BCUT2D eigenvalue weighted by molar-refractivity contribution is 0.0955. The van der Waals surface area contributed by atoms with Gasteiger partial charge in [0.2, 0.25) is 0 Å². The molecule has 1 saturated heterocycles. The Labute approximate surface area is 64.4 Å². The summed E-state index contributed by atoms with van der Waals surface area (Å²) in [6.45, 7) is 1.26. The average Bonchev–Trinajstić information content (AvgIpc) is 1.93. The van der Waals surface area contributed by atoms with Gasteiger partial charge < -0.3 is 20.8 Å². The van der Waals surface area contributed by atoms with E-state index in [1.54, 1.807) is 0 Å². The minimum atomic E-state index is -1.09. The van der Waals surface area contributed by atoms with Crippen LogP contribution in [0.5, 0.6) is 0 Å². The van der Waals surface area contributed by atoms with Gasteiger partial charge in [-0.3, -0.25) is 0 Å². The number of piperidine rings is 1. The van der Waals surface area contributed by atoms with E-state index >= 15 is 0 Å². The summed E-state index contributed by atoms with van der Waals surface area (Å²) in [7, 11) is 0.